The molecule has 5 nitrogen and oxygen atoms in total. The molecule has 1 aromatic heterocycles. The third-order valence-electron chi connectivity index (χ3n) is 5.52. The van der Waals surface area contributed by atoms with Crippen molar-refractivity contribution in [1.29, 1.82) is 0 Å². The first-order valence-corrected chi connectivity index (χ1v) is 9.78. The van der Waals surface area contributed by atoms with Crippen molar-refractivity contribution in [3.63, 3.8) is 0 Å². The van der Waals surface area contributed by atoms with Crippen molar-refractivity contribution in [2.45, 2.75) is 45.1 Å². The first-order valence-electron chi connectivity index (χ1n) is 9.40. The lowest BCUT2D eigenvalue weighted by atomic mass is 9.95. The van der Waals surface area contributed by atoms with Gasteiger partial charge in [-0.25, -0.2) is 4.68 Å². The third kappa shape index (κ3) is 3.38. The molecule has 2 atom stereocenters. The van der Waals surface area contributed by atoms with Crippen molar-refractivity contribution in [2.24, 2.45) is 5.92 Å². The molecule has 1 aromatic carbocycles. The highest BCUT2D eigenvalue weighted by Crippen LogP contribution is 2.42. The molecule has 2 heterocycles. The van der Waals surface area contributed by atoms with Crippen LogP contribution in [0.3, 0.4) is 0 Å². The van der Waals surface area contributed by atoms with Crippen molar-refractivity contribution in [1.82, 2.24) is 20.4 Å². The number of carbonyl (C=O) groups excluding carboxylic acids is 1. The van der Waals surface area contributed by atoms with Gasteiger partial charge >= 0.3 is 0 Å². The van der Waals surface area contributed by atoms with Crippen molar-refractivity contribution in [3.8, 4) is 5.69 Å². The predicted octanol–water partition coefficient (Wildman–Crippen LogP) is 3.44. The molecule has 0 bridgehead atoms. The number of aromatic nitrogens is 2. The minimum absolute atomic E-state index is 0.00453. The van der Waals surface area contributed by atoms with Gasteiger partial charge in [0.1, 0.15) is 0 Å². The second-order valence-corrected chi connectivity index (χ2v) is 8.02. The number of rotatable bonds is 4. The van der Waals surface area contributed by atoms with Crippen molar-refractivity contribution < 1.29 is 4.79 Å². The number of piperidine rings is 1. The highest BCUT2D eigenvalue weighted by molar-refractivity contribution is 6.31. The van der Waals surface area contributed by atoms with E-state index in [1.165, 1.54) is 0 Å². The molecule has 2 aromatic rings. The zero-order valence-corrected chi connectivity index (χ0v) is 16.0. The van der Waals surface area contributed by atoms with E-state index in [-0.39, 0.29) is 11.9 Å². The molecule has 1 saturated heterocycles. The van der Waals surface area contributed by atoms with Crippen LogP contribution in [0, 0.1) is 12.8 Å². The maximum absolute atomic E-state index is 13.0. The van der Waals surface area contributed by atoms with Gasteiger partial charge in [0.15, 0.2) is 0 Å². The Bertz CT molecular complexity index is 827. The van der Waals surface area contributed by atoms with Gasteiger partial charge < -0.3 is 10.6 Å². The number of aryl methyl sites for hydroxylation is 1. The number of hydrogen-bond acceptors (Lipinski definition) is 3. The van der Waals surface area contributed by atoms with E-state index < -0.39 is 0 Å². The Hall–Kier alpha value is -1.85. The summed E-state index contributed by atoms with van der Waals surface area (Å²) in [6.45, 7) is 6.06. The van der Waals surface area contributed by atoms with Crippen LogP contribution in [0.4, 0.5) is 0 Å². The standard InChI is InChI=1S/C20H25ClN4O/c1-12-3-6-15(9-17(12)21)25-19(14-4-5-14)16(11-23-25)20(26)24-18-7-8-22-10-13(18)2/h3,6,9,11,13-14,18,22H,4-5,7-8,10H2,1-2H3,(H,24,26). The Morgan fingerprint density at radius 3 is 2.85 bits per heavy atom. The molecule has 6 heteroatoms. The highest BCUT2D eigenvalue weighted by atomic mass is 35.5. The molecule has 2 unspecified atom stereocenters. The zero-order chi connectivity index (χ0) is 18.3. The number of carbonyl (C=O) groups is 1. The molecule has 1 aliphatic carbocycles. The fraction of sp³-hybridized carbons (Fsp3) is 0.500. The maximum atomic E-state index is 13.0. The quantitative estimate of drug-likeness (QED) is 0.864. The molecule has 4 rings (SSSR count). The van der Waals surface area contributed by atoms with Crippen LogP contribution in [-0.2, 0) is 0 Å². The first-order chi connectivity index (χ1) is 12.5. The zero-order valence-electron chi connectivity index (χ0n) is 15.3. The lowest BCUT2D eigenvalue weighted by Crippen LogP contribution is -2.48. The van der Waals surface area contributed by atoms with Gasteiger partial charge in [-0.1, -0.05) is 24.6 Å². The summed E-state index contributed by atoms with van der Waals surface area (Å²) in [4.78, 5) is 13.0. The van der Waals surface area contributed by atoms with Crippen LogP contribution >= 0.6 is 11.6 Å². The number of benzene rings is 1. The molecule has 1 saturated carbocycles. The van der Waals surface area contributed by atoms with Crippen molar-refractivity contribution in [2.75, 3.05) is 13.1 Å². The molecule has 2 N–H and O–H groups in total. The lowest BCUT2D eigenvalue weighted by molar-refractivity contribution is 0.0913. The van der Waals surface area contributed by atoms with Gasteiger partial charge in [-0.15, -0.1) is 0 Å². The van der Waals surface area contributed by atoms with Gasteiger partial charge in [-0.05, 0) is 62.9 Å². The number of amides is 1. The average molecular weight is 373 g/mol. The summed E-state index contributed by atoms with van der Waals surface area (Å²) in [6.07, 6.45) is 4.89. The van der Waals surface area contributed by atoms with E-state index in [9.17, 15) is 4.79 Å². The molecule has 1 aliphatic heterocycles. The van der Waals surface area contributed by atoms with Crippen LogP contribution in [0.5, 0.6) is 0 Å². The average Bonchev–Trinajstić information content (AvgIpc) is 3.37. The fourth-order valence-corrected chi connectivity index (χ4v) is 3.85. The fourth-order valence-electron chi connectivity index (χ4n) is 3.68. The van der Waals surface area contributed by atoms with Crippen molar-refractivity contribution >= 4 is 17.5 Å². The van der Waals surface area contributed by atoms with Gasteiger partial charge in [0, 0.05) is 17.0 Å². The number of hydrogen-bond donors (Lipinski definition) is 2. The summed E-state index contributed by atoms with van der Waals surface area (Å²) >= 11 is 6.30. The van der Waals surface area contributed by atoms with Crippen LogP contribution in [0.15, 0.2) is 24.4 Å². The number of nitrogens with zero attached hydrogens (tertiary/aromatic N) is 2. The van der Waals surface area contributed by atoms with Crippen molar-refractivity contribution in [3.05, 3.63) is 46.2 Å². The van der Waals surface area contributed by atoms with Gasteiger partial charge in [0.2, 0.25) is 0 Å². The Morgan fingerprint density at radius 1 is 1.35 bits per heavy atom. The maximum Gasteiger partial charge on any atom is 0.255 e. The van der Waals surface area contributed by atoms with Gasteiger partial charge in [-0.3, -0.25) is 4.79 Å². The molecule has 0 radical (unpaired) electrons. The molecule has 1 amide bonds. The smallest absolute Gasteiger partial charge is 0.255 e. The van der Waals surface area contributed by atoms with E-state index in [0.29, 0.717) is 22.4 Å². The van der Waals surface area contributed by atoms with Crippen LogP contribution in [0.25, 0.3) is 5.69 Å². The molecule has 2 aliphatic rings. The van der Waals surface area contributed by atoms with E-state index in [2.05, 4.69) is 22.7 Å². The largest absolute Gasteiger partial charge is 0.349 e. The molecule has 26 heavy (non-hydrogen) atoms. The topological polar surface area (TPSA) is 59.0 Å². The van der Waals surface area contributed by atoms with Crippen LogP contribution < -0.4 is 10.6 Å². The molecular weight excluding hydrogens is 348 g/mol. The van der Waals surface area contributed by atoms with Gasteiger partial charge in [0.25, 0.3) is 5.91 Å². The summed E-state index contributed by atoms with van der Waals surface area (Å²) in [6, 6.07) is 6.14. The summed E-state index contributed by atoms with van der Waals surface area (Å²) < 4.78 is 1.89. The predicted molar refractivity (Wildman–Crippen MR) is 103 cm³/mol. The Morgan fingerprint density at radius 2 is 2.15 bits per heavy atom. The summed E-state index contributed by atoms with van der Waals surface area (Å²) in [5.41, 5.74) is 3.67. The molecular formula is C20H25ClN4O. The Balaban J connectivity index is 1.63. The molecule has 138 valence electrons. The third-order valence-corrected chi connectivity index (χ3v) is 5.92. The second-order valence-electron chi connectivity index (χ2n) is 7.61. The Labute approximate surface area is 159 Å². The number of nitrogens with one attached hydrogen (secondary N) is 2. The van der Waals surface area contributed by atoms with Crippen LogP contribution in [-0.4, -0.2) is 34.8 Å². The van der Waals surface area contributed by atoms with E-state index in [1.807, 2.05) is 29.8 Å². The second kappa shape index (κ2) is 7.05. The van der Waals surface area contributed by atoms with E-state index in [0.717, 1.165) is 49.3 Å². The highest BCUT2D eigenvalue weighted by Gasteiger charge is 2.34. The van der Waals surface area contributed by atoms with E-state index in [4.69, 9.17) is 11.6 Å². The van der Waals surface area contributed by atoms with E-state index in [1.54, 1.807) is 6.20 Å². The molecule has 2 fully saturated rings. The minimum Gasteiger partial charge on any atom is -0.349 e. The lowest BCUT2D eigenvalue weighted by Gasteiger charge is -2.30. The summed E-state index contributed by atoms with van der Waals surface area (Å²) in [5.74, 6) is 0.835. The monoisotopic (exact) mass is 372 g/mol. The van der Waals surface area contributed by atoms with Crippen LogP contribution in [0.1, 0.15) is 53.7 Å². The minimum atomic E-state index is -0.00453. The number of halogens is 1. The Kier molecular flexibility index (Phi) is 4.76. The molecule has 0 spiro atoms. The van der Waals surface area contributed by atoms with E-state index >= 15 is 0 Å². The van der Waals surface area contributed by atoms with Gasteiger partial charge in [-0.2, -0.15) is 5.10 Å². The van der Waals surface area contributed by atoms with Crippen LogP contribution in [0.2, 0.25) is 5.02 Å². The first kappa shape index (κ1) is 17.6. The normalized spacial score (nSPS) is 23.0. The van der Waals surface area contributed by atoms with Gasteiger partial charge in [0.05, 0.1) is 23.1 Å². The summed E-state index contributed by atoms with van der Waals surface area (Å²) in [5, 5.41) is 11.9. The summed E-state index contributed by atoms with van der Waals surface area (Å²) in [7, 11) is 0. The SMILES string of the molecule is Cc1ccc(-n2ncc(C(=O)NC3CCNCC3C)c2C2CC2)cc1Cl.